The first-order valence-corrected chi connectivity index (χ1v) is 9.51. The molecule has 0 bridgehead atoms. The van der Waals surface area contributed by atoms with E-state index in [0.29, 0.717) is 26.2 Å². The molecule has 1 heterocycles. The van der Waals surface area contributed by atoms with E-state index >= 15 is 0 Å². The number of rotatable bonds is 4. The molecule has 8 heteroatoms. The van der Waals surface area contributed by atoms with Crippen molar-refractivity contribution in [1.82, 2.24) is 15.5 Å². The quantitative estimate of drug-likeness (QED) is 0.467. The number of nitrogens with one attached hydrogen (secondary N) is 2. The first-order valence-electron chi connectivity index (χ1n) is 9.51. The van der Waals surface area contributed by atoms with Crippen LogP contribution in [-0.4, -0.2) is 61.9 Å². The molecular weight excluding hydrogens is 363 g/mol. The van der Waals surface area contributed by atoms with E-state index in [2.05, 4.69) is 20.5 Å². The molecule has 156 valence electrons. The highest BCUT2D eigenvalue weighted by Gasteiger charge is 2.28. The van der Waals surface area contributed by atoms with Crippen molar-refractivity contribution in [2.24, 2.45) is 4.99 Å². The number of aliphatic imine (C=N–C) groups is 1. The van der Waals surface area contributed by atoms with Gasteiger partial charge in [-0.15, -0.1) is 0 Å². The zero-order valence-corrected chi connectivity index (χ0v) is 17.3. The van der Waals surface area contributed by atoms with E-state index in [9.17, 15) is 9.18 Å². The highest BCUT2D eigenvalue weighted by Crippen LogP contribution is 2.25. The standard InChI is InChI=1S/C20H31FN4O3/c1-14-12-25(13-17(27-14)15-6-8-16(21)9-7-15)18(22-5)23-10-11-24-19(26)28-20(2,3)4/h6-9,14,17H,10-13H2,1-5H3,(H,22,23)(H,24,26). The Morgan fingerprint density at radius 2 is 1.89 bits per heavy atom. The maximum Gasteiger partial charge on any atom is 0.407 e. The third-order valence-corrected chi connectivity index (χ3v) is 4.09. The van der Waals surface area contributed by atoms with E-state index in [1.807, 2.05) is 27.7 Å². The van der Waals surface area contributed by atoms with Gasteiger partial charge in [-0.05, 0) is 45.4 Å². The second-order valence-electron chi connectivity index (χ2n) is 7.79. The summed E-state index contributed by atoms with van der Waals surface area (Å²) in [7, 11) is 1.72. The topological polar surface area (TPSA) is 75.2 Å². The Morgan fingerprint density at radius 1 is 1.25 bits per heavy atom. The van der Waals surface area contributed by atoms with E-state index in [1.54, 1.807) is 19.2 Å². The van der Waals surface area contributed by atoms with E-state index in [1.165, 1.54) is 12.1 Å². The van der Waals surface area contributed by atoms with E-state index < -0.39 is 11.7 Å². The van der Waals surface area contributed by atoms with Crippen LogP contribution in [0.4, 0.5) is 9.18 Å². The minimum atomic E-state index is -0.521. The lowest BCUT2D eigenvalue weighted by Gasteiger charge is -2.38. The van der Waals surface area contributed by atoms with Crippen LogP contribution in [0.1, 0.15) is 39.4 Å². The summed E-state index contributed by atoms with van der Waals surface area (Å²) in [5.41, 5.74) is 0.410. The third kappa shape index (κ3) is 6.99. The Bertz CT molecular complexity index is 673. The van der Waals surface area contributed by atoms with Gasteiger partial charge >= 0.3 is 6.09 Å². The Labute approximate surface area is 166 Å². The largest absolute Gasteiger partial charge is 0.444 e. The molecule has 0 radical (unpaired) electrons. The molecule has 2 unspecified atom stereocenters. The summed E-state index contributed by atoms with van der Waals surface area (Å²) < 4.78 is 24.4. The fourth-order valence-electron chi connectivity index (χ4n) is 2.97. The molecule has 2 atom stereocenters. The van der Waals surface area contributed by atoms with Crippen LogP contribution in [0, 0.1) is 5.82 Å². The van der Waals surface area contributed by atoms with E-state index in [0.717, 1.165) is 11.5 Å². The van der Waals surface area contributed by atoms with Gasteiger partial charge < -0.3 is 25.0 Å². The van der Waals surface area contributed by atoms with Crippen LogP contribution >= 0.6 is 0 Å². The van der Waals surface area contributed by atoms with E-state index in [-0.39, 0.29) is 18.0 Å². The number of amides is 1. The average molecular weight is 394 g/mol. The minimum Gasteiger partial charge on any atom is -0.444 e. The van der Waals surface area contributed by atoms with Gasteiger partial charge in [0.05, 0.1) is 12.6 Å². The summed E-state index contributed by atoms with van der Waals surface area (Å²) in [6.07, 6.45) is -0.606. The van der Waals surface area contributed by atoms with Crippen molar-refractivity contribution in [2.75, 3.05) is 33.2 Å². The number of alkyl carbamates (subject to hydrolysis) is 1. The number of nitrogens with zero attached hydrogens (tertiary/aromatic N) is 2. The number of ether oxygens (including phenoxy) is 2. The molecule has 0 aliphatic carbocycles. The highest BCUT2D eigenvalue weighted by atomic mass is 19.1. The van der Waals surface area contributed by atoms with Crippen molar-refractivity contribution >= 4 is 12.1 Å². The summed E-state index contributed by atoms with van der Waals surface area (Å²) in [6, 6.07) is 6.38. The molecular formula is C20H31FN4O3. The van der Waals surface area contributed by atoms with Crippen LogP contribution in [-0.2, 0) is 9.47 Å². The number of halogens is 1. The fraction of sp³-hybridized carbons (Fsp3) is 0.600. The molecule has 2 rings (SSSR count). The van der Waals surface area contributed by atoms with Crippen molar-refractivity contribution in [3.8, 4) is 0 Å². The molecule has 1 saturated heterocycles. The molecule has 1 aromatic rings. The lowest BCUT2D eigenvalue weighted by atomic mass is 10.1. The number of carbonyl (C=O) groups excluding carboxylic acids is 1. The van der Waals surface area contributed by atoms with Crippen molar-refractivity contribution < 1.29 is 18.7 Å². The lowest BCUT2D eigenvalue weighted by Crippen LogP contribution is -2.51. The Kier molecular flexibility index (Phi) is 7.62. The smallest absolute Gasteiger partial charge is 0.407 e. The van der Waals surface area contributed by atoms with Crippen molar-refractivity contribution in [1.29, 1.82) is 0 Å². The maximum atomic E-state index is 13.2. The van der Waals surface area contributed by atoms with Crippen LogP contribution in [0.15, 0.2) is 29.3 Å². The monoisotopic (exact) mass is 394 g/mol. The van der Waals surface area contributed by atoms with Gasteiger partial charge in [-0.3, -0.25) is 4.99 Å². The molecule has 0 spiro atoms. The van der Waals surface area contributed by atoms with Gasteiger partial charge in [0, 0.05) is 26.7 Å². The average Bonchev–Trinajstić information content (AvgIpc) is 2.60. The molecule has 0 saturated carbocycles. The number of hydrogen-bond donors (Lipinski definition) is 2. The Morgan fingerprint density at radius 3 is 2.50 bits per heavy atom. The maximum absolute atomic E-state index is 13.2. The predicted octanol–water partition coefficient (Wildman–Crippen LogP) is 2.69. The van der Waals surface area contributed by atoms with Gasteiger partial charge in [-0.2, -0.15) is 0 Å². The third-order valence-electron chi connectivity index (χ3n) is 4.09. The van der Waals surface area contributed by atoms with Crippen LogP contribution in [0.25, 0.3) is 0 Å². The first-order chi connectivity index (χ1) is 13.2. The molecule has 0 aromatic heterocycles. The summed E-state index contributed by atoms with van der Waals surface area (Å²) in [5, 5.41) is 5.96. The highest BCUT2D eigenvalue weighted by molar-refractivity contribution is 5.80. The Hall–Kier alpha value is -2.35. The predicted molar refractivity (Wildman–Crippen MR) is 107 cm³/mol. The molecule has 1 aliphatic heterocycles. The lowest BCUT2D eigenvalue weighted by molar-refractivity contribution is -0.0604. The molecule has 1 aliphatic rings. The van der Waals surface area contributed by atoms with Gasteiger partial charge in [0.25, 0.3) is 0 Å². The first kappa shape index (κ1) is 21.9. The molecule has 1 aromatic carbocycles. The zero-order chi connectivity index (χ0) is 20.7. The van der Waals surface area contributed by atoms with Crippen molar-refractivity contribution in [3.05, 3.63) is 35.6 Å². The number of carbonyl (C=O) groups is 1. The molecule has 1 fully saturated rings. The molecule has 1 amide bonds. The fourth-order valence-corrected chi connectivity index (χ4v) is 2.97. The van der Waals surface area contributed by atoms with Gasteiger partial charge in [0.1, 0.15) is 17.5 Å². The minimum absolute atomic E-state index is 0.00208. The van der Waals surface area contributed by atoms with Crippen LogP contribution in [0.5, 0.6) is 0 Å². The number of guanidine groups is 1. The van der Waals surface area contributed by atoms with Crippen molar-refractivity contribution in [2.45, 2.75) is 45.5 Å². The summed E-state index contributed by atoms with van der Waals surface area (Å²) in [5.74, 6) is 0.465. The van der Waals surface area contributed by atoms with Gasteiger partial charge in [-0.25, -0.2) is 9.18 Å². The van der Waals surface area contributed by atoms with Crippen LogP contribution in [0.2, 0.25) is 0 Å². The van der Waals surface area contributed by atoms with Crippen molar-refractivity contribution in [3.63, 3.8) is 0 Å². The molecule has 28 heavy (non-hydrogen) atoms. The summed E-state index contributed by atoms with van der Waals surface area (Å²) in [4.78, 5) is 18.1. The summed E-state index contributed by atoms with van der Waals surface area (Å²) >= 11 is 0. The van der Waals surface area contributed by atoms with Gasteiger partial charge in [0.2, 0.25) is 0 Å². The summed E-state index contributed by atoms with van der Waals surface area (Å²) in [6.45, 7) is 9.69. The second-order valence-corrected chi connectivity index (χ2v) is 7.79. The SMILES string of the molecule is CN=C(NCCNC(=O)OC(C)(C)C)N1CC(C)OC(c2ccc(F)cc2)C1. The number of benzene rings is 1. The Balaban J connectivity index is 1.87. The molecule has 2 N–H and O–H groups in total. The van der Waals surface area contributed by atoms with E-state index in [4.69, 9.17) is 9.47 Å². The van der Waals surface area contributed by atoms with Gasteiger partial charge in [0.15, 0.2) is 5.96 Å². The van der Waals surface area contributed by atoms with Crippen LogP contribution in [0.3, 0.4) is 0 Å². The number of morpholine rings is 1. The second kappa shape index (κ2) is 9.73. The molecule has 7 nitrogen and oxygen atoms in total. The zero-order valence-electron chi connectivity index (χ0n) is 17.3. The van der Waals surface area contributed by atoms with Gasteiger partial charge in [-0.1, -0.05) is 12.1 Å². The van der Waals surface area contributed by atoms with Crippen LogP contribution < -0.4 is 10.6 Å². The number of hydrogen-bond acceptors (Lipinski definition) is 4. The normalized spacial score (nSPS) is 20.6.